The molecule has 0 saturated carbocycles. The van der Waals surface area contributed by atoms with Gasteiger partial charge in [0.05, 0.1) is 6.07 Å². The summed E-state index contributed by atoms with van der Waals surface area (Å²) in [5.41, 5.74) is 0.847. The molecule has 1 rings (SSSR count). The van der Waals surface area contributed by atoms with Gasteiger partial charge in [-0.05, 0) is 31.3 Å². The molecule has 0 bridgehead atoms. The summed E-state index contributed by atoms with van der Waals surface area (Å²) in [7, 11) is 0. The second kappa shape index (κ2) is 7.25. The van der Waals surface area contributed by atoms with Gasteiger partial charge in [-0.2, -0.15) is 5.26 Å². The van der Waals surface area contributed by atoms with Gasteiger partial charge >= 0.3 is 0 Å². The van der Waals surface area contributed by atoms with E-state index in [1.807, 2.05) is 36.4 Å². The molecule has 18 heavy (non-hydrogen) atoms. The van der Waals surface area contributed by atoms with Crippen LogP contribution in [0.15, 0.2) is 30.3 Å². The maximum absolute atomic E-state index is 11.5. The van der Waals surface area contributed by atoms with E-state index in [0.717, 1.165) is 5.69 Å². The molecule has 0 aliphatic carbocycles. The minimum Gasteiger partial charge on any atom is -0.351 e. The van der Waals surface area contributed by atoms with Crippen LogP contribution in [0.4, 0.5) is 5.69 Å². The van der Waals surface area contributed by atoms with E-state index in [4.69, 9.17) is 17.5 Å². The van der Waals surface area contributed by atoms with E-state index in [1.54, 1.807) is 6.92 Å². The van der Waals surface area contributed by atoms with Crippen LogP contribution in [0.1, 0.15) is 6.92 Å². The summed E-state index contributed by atoms with van der Waals surface area (Å²) >= 11 is 5.08. The molecule has 1 aromatic carbocycles. The van der Waals surface area contributed by atoms with E-state index in [1.165, 1.54) is 0 Å². The lowest BCUT2D eigenvalue weighted by Crippen LogP contribution is -2.46. The SMILES string of the molecule is CC(NC(=S)Nc1ccccc1)C(=O)NCC#N. The third kappa shape index (κ3) is 4.80. The molecule has 0 aliphatic heterocycles. The molecule has 94 valence electrons. The lowest BCUT2D eigenvalue weighted by Gasteiger charge is -2.15. The second-order valence-electron chi connectivity index (χ2n) is 3.56. The van der Waals surface area contributed by atoms with Crippen molar-refractivity contribution < 1.29 is 4.79 Å². The minimum atomic E-state index is -0.498. The third-order valence-electron chi connectivity index (χ3n) is 2.11. The fourth-order valence-electron chi connectivity index (χ4n) is 1.23. The quantitative estimate of drug-likeness (QED) is 0.557. The van der Waals surface area contributed by atoms with Gasteiger partial charge < -0.3 is 16.0 Å². The monoisotopic (exact) mass is 262 g/mol. The zero-order chi connectivity index (χ0) is 13.4. The standard InChI is InChI=1S/C12H14N4OS/c1-9(11(17)14-8-7-13)15-12(18)16-10-5-3-2-4-6-10/h2-6,9H,8H2,1H3,(H,14,17)(H2,15,16,18). The second-order valence-corrected chi connectivity index (χ2v) is 3.97. The van der Waals surface area contributed by atoms with Gasteiger partial charge in [-0.25, -0.2) is 0 Å². The topological polar surface area (TPSA) is 76.9 Å². The van der Waals surface area contributed by atoms with Crippen molar-refractivity contribution in [1.29, 1.82) is 5.26 Å². The number of anilines is 1. The van der Waals surface area contributed by atoms with Gasteiger partial charge in [-0.15, -0.1) is 0 Å². The summed E-state index contributed by atoms with van der Waals surface area (Å²) in [6, 6.07) is 10.7. The van der Waals surface area contributed by atoms with Crippen molar-refractivity contribution in [3.05, 3.63) is 30.3 Å². The molecule has 0 aromatic heterocycles. The van der Waals surface area contributed by atoms with E-state index < -0.39 is 6.04 Å². The maximum Gasteiger partial charge on any atom is 0.243 e. The lowest BCUT2D eigenvalue weighted by molar-refractivity contribution is -0.122. The van der Waals surface area contributed by atoms with Crippen molar-refractivity contribution >= 4 is 28.9 Å². The summed E-state index contributed by atoms with van der Waals surface area (Å²) in [5, 5.41) is 17.0. The van der Waals surface area contributed by atoms with Crippen LogP contribution in [0.25, 0.3) is 0 Å². The zero-order valence-electron chi connectivity index (χ0n) is 9.93. The first kappa shape index (κ1) is 13.9. The van der Waals surface area contributed by atoms with Crippen LogP contribution in [0.2, 0.25) is 0 Å². The number of nitrogens with one attached hydrogen (secondary N) is 3. The van der Waals surface area contributed by atoms with Crippen LogP contribution >= 0.6 is 12.2 Å². The minimum absolute atomic E-state index is 0.0102. The molecule has 1 atom stereocenters. The number of nitrogens with zero attached hydrogens (tertiary/aromatic N) is 1. The Balaban J connectivity index is 2.41. The summed E-state index contributed by atoms with van der Waals surface area (Å²) in [6.45, 7) is 1.66. The van der Waals surface area contributed by atoms with E-state index in [0.29, 0.717) is 5.11 Å². The molecule has 3 N–H and O–H groups in total. The highest BCUT2D eigenvalue weighted by molar-refractivity contribution is 7.80. The number of nitriles is 1. The molecule has 0 saturated heterocycles. The molecule has 0 radical (unpaired) electrons. The fourth-order valence-corrected chi connectivity index (χ4v) is 1.53. The van der Waals surface area contributed by atoms with Crippen molar-refractivity contribution in [3.8, 4) is 6.07 Å². The molecule has 6 heteroatoms. The summed E-state index contributed by atoms with van der Waals surface area (Å²) in [5.74, 6) is -0.270. The Morgan fingerprint density at radius 3 is 2.72 bits per heavy atom. The Bertz CT molecular complexity index is 455. The molecule has 1 aromatic rings. The number of rotatable bonds is 4. The average Bonchev–Trinajstić information content (AvgIpc) is 2.36. The molecule has 0 spiro atoms. The Labute approximate surface area is 111 Å². The Morgan fingerprint density at radius 1 is 1.44 bits per heavy atom. The van der Waals surface area contributed by atoms with E-state index >= 15 is 0 Å². The van der Waals surface area contributed by atoms with Crippen LogP contribution in [0, 0.1) is 11.3 Å². The van der Waals surface area contributed by atoms with Gasteiger partial charge in [0, 0.05) is 5.69 Å². The number of thiocarbonyl (C=S) groups is 1. The van der Waals surface area contributed by atoms with Gasteiger partial charge in [-0.3, -0.25) is 4.79 Å². The van der Waals surface area contributed by atoms with Gasteiger partial charge in [0.1, 0.15) is 12.6 Å². The molecule has 0 fully saturated rings. The van der Waals surface area contributed by atoms with Crippen LogP contribution in [0.5, 0.6) is 0 Å². The van der Waals surface area contributed by atoms with Crippen LogP contribution in [0.3, 0.4) is 0 Å². The molecule has 1 unspecified atom stereocenters. The normalized spacial score (nSPS) is 10.9. The van der Waals surface area contributed by atoms with Gasteiger partial charge in [0.15, 0.2) is 5.11 Å². The number of amides is 1. The smallest absolute Gasteiger partial charge is 0.243 e. The predicted molar refractivity (Wildman–Crippen MR) is 73.9 cm³/mol. The largest absolute Gasteiger partial charge is 0.351 e. The van der Waals surface area contributed by atoms with Crippen molar-refractivity contribution in [2.24, 2.45) is 0 Å². The average molecular weight is 262 g/mol. The van der Waals surface area contributed by atoms with E-state index in [-0.39, 0.29) is 12.5 Å². The van der Waals surface area contributed by atoms with E-state index in [2.05, 4.69) is 16.0 Å². The number of hydrogen-bond acceptors (Lipinski definition) is 3. The highest BCUT2D eigenvalue weighted by Crippen LogP contribution is 2.04. The van der Waals surface area contributed by atoms with Crippen molar-refractivity contribution in [2.75, 3.05) is 11.9 Å². The number of hydrogen-bond donors (Lipinski definition) is 3. The Morgan fingerprint density at radius 2 is 2.11 bits per heavy atom. The van der Waals surface area contributed by atoms with Gasteiger partial charge in [-0.1, -0.05) is 18.2 Å². The van der Waals surface area contributed by atoms with Gasteiger partial charge in [0.2, 0.25) is 5.91 Å². The number of benzene rings is 1. The molecular weight excluding hydrogens is 248 g/mol. The number of para-hydroxylation sites is 1. The molecule has 1 amide bonds. The highest BCUT2D eigenvalue weighted by Gasteiger charge is 2.12. The molecule has 0 aliphatic rings. The van der Waals surface area contributed by atoms with Crippen LogP contribution in [-0.2, 0) is 4.79 Å². The first-order chi connectivity index (χ1) is 8.63. The van der Waals surface area contributed by atoms with Crippen molar-refractivity contribution in [3.63, 3.8) is 0 Å². The first-order valence-corrected chi connectivity index (χ1v) is 5.81. The van der Waals surface area contributed by atoms with Gasteiger partial charge in [0.25, 0.3) is 0 Å². The lowest BCUT2D eigenvalue weighted by atomic mass is 10.3. The predicted octanol–water partition coefficient (Wildman–Crippen LogP) is 1.00. The van der Waals surface area contributed by atoms with Crippen molar-refractivity contribution in [2.45, 2.75) is 13.0 Å². The number of carbonyl (C=O) groups excluding carboxylic acids is 1. The Hall–Kier alpha value is -2.13. The third-order valence-corrected chi connectivity index (χ3v) is 2.33. The van der Waals surface area contributed by atoms with Crippen LogP contribution < -0.4 is 16.0 Å². The fraction of sp³-hybridized carbons (Fsp3) is 0.250. The van der Waals surface area contributed by atoms with Crippen molar-refractivity contribution in [1.82, 2.24) is 10.6 Å². The zero-order valence-corrected chi connectivity index (χ0v) is 10.8. The summed E-state index contributed by atoms with van der Waals surface area (Å²) in [4.78, 5) is 11.5. The molecule has 0 heterocycles. The first-order valence-electron chi connectivity index (χ1n) is 5.40. The summed E-state index contributed by atoms with van der Waals surface area (Å²) in [6.07, 6.45) is 0. The highest BCUT2D eigenvalue weighted by atomic mass is 32.1. The Kier molecular flexibility index (Phi) is 5.61. The van der Waals surface area contributed by atoms with E-state index in [9.17, 15) is 4.79 Å². The van der Waals surface area contributed by atoms with Crippen LogP contribution in [-0.4, -0.2) is 23.6 Å². The molecular formula is C12H14N4OS. The maximum atomic E-state index is 11.5. The molecule has 5 nitrogen and oxygen atoms in total. The number of carbonyl (C=O) groups is 1. The summed E-state index contributed by atoms with van der Waals surface area (Å²) < 4.78 is 0.